The number of hydrazine groups is 1. The van der Waals surface area contributed by atoms with Crippen LogP contribution >= 0.6 is 0 Å². The minimum atomic E-state index is 0.533. The van der Waals surface area contributed by atoms with E-state index in [-0.39, 0.29) is 0 Å². The number of hydrogen-bond donors (Lipinski definition) is 2. The highest BCUT2D eigenvalue weighted by Crippen LogP contribution is 2.26. The summed E-state index contributed by atoms with van der Waals surface area (Å²) < 4.78 is 0. The highest BCUT2D eigenvalue weighted by Gasteiger charge is 2.20. The van der Waals surface area contributed by atoms with Crippen molar-refractivity contribution in [2.45, 2.75) is 76.7 Å². The predicted molar refractivity (Wildman–Crippen MR) is 72.8 cm³/mol. The number of amidine groups is 1. The fourth-order valence-corrected chi connectivity index (χ4v) is 3.22. The predicted octanol–water partition coefficient (Wildman–Crippen LogP) is 3.15. The van der Waals surface area contributed by atoms with Crippen molar-refractivity contribution in [2.24, 2.45) is 16.8 Å². The van der Waals surface area contributed by atoms with Gasteiger partial charge in [-0.2, -0.15) is 0 Å². The van der Waals surface area contributed by atoms with Crippen molar-refractivity contribution >= 4 is 5.84 Å². The topological polar surface area (TPSA) is 50.4 Å². The molecule has 0 spiro atoms. The lowest BCUT2D eigenvalue weighted by Crippen LogP contribution is -2.38. The smallest absolute Gasteiger partial charge is 0.114 e. The Morgan fingerprint density at radius 3 is 1.94 bits per heavy atom. The van der Waals surface area contributed by atoms with Crippen molar-refractivity contribution in [2.75, 3.05) is 0 Å². The lowest BCUT2D eigenvalue weighted by atomic mass is 9.88. The van der Waals surface area contributed by atoms with Crippen molar-refractivity contribution in [3.05, 3.63) is 0 Å². The van der Waals surface area contributed by atoms with Crippen LogP contribution in [-0.2, 0) is 0 Å². The molecule has 2 fully saturated rings. The summed E-state index contributed by atoms with van der Waals surface area (Å²) in [5, 5.41) is 0. The first kappa shape index (κ1) is 12.9. The second-order valence-electron chi connectivity index (χ2n) is 5.64. The van der Waals surface area contributed by atoms with Gasteiger partial charge in [-0.05, 0) is 25.7 Å². The van der Waals surface area contributed by atoms with Crippen molar-refractivity contribution in [1.82, 2.24) is 5.43 Å². The normalized spacial score (nSPS) is 25.6. The van der Waals surface area contributed by atoms with Gasteiger partial charge in [0, 0.05) is 5.92 Å². The third-order valence-electron chi connectivity index (χ3n) is 4.29. The van der Waals surface area contributed by atoms with E-state index in [0.717, 1.165) is 5.84 Å². The van der Waals surface area contributed by atoms with Crippen LogP contribution in [0.1, 0.15) is 70.6 Å². The minimum Gasteiger partial charge on any atom is -0.312 e. The molecule has 0 aromatic carbocycles. The quantitative estimate of drug-likeness (QED) is 0.255. The first-order valence-corrected chi connectivity index (χ1v) is 7.44. The molecule has 0 heterocycles. The average Bonchev–Trinajstić information content (AvgIpc) is 2.65. The van der Waals surface area contributed by atoms with Crippen LogP contribution in [0.3, 0.4) is 0 Å². The van der Waals surface area contributed by atoms with E-state index < -0.39 is 0 Å². The molecular formula is C14H27N3. The number of rotatable bonds is 2. The number of hydrogen-bond acceptors (Lipinski definition) is 2. The van der Waals surface area contributed by atoms with Crippen LogP contribution in [-0.4, -0.2) is 11.9 Å². The summed E-state index contributed by atoms with van der Waals surface area (Å²) >= 11 is 0. The molecule has 2 aliphatic rings. The van der Waals surface area contributed by atoms with Crippen LogP contribution in [0.2, 0.25) is 0 Å². The Bertz CT molecular complexity index is 236. The fourth-order valence-electron chi connectivity index (χ4n) is 3.22. The maximum Gasteiger partial charge on any atom is 0.114 e. The first-order chi connectivity index (χ1) is 8.40. The Labute approximate surface area is 105 Å². The zero-order chi connectivity index (χ0) is 11.9. The number of nitrogens with two attached hydrogens (primary N) is 1. The van der Waals surface area contributed by atoms with Gasteiger partial charge in [0.25, 0.3) is 0 Å². The second-order valence-corrected chi connectivity index (χ2v) is 5.64. The summed E-state index contributed by atoms with van der Waals surface area (Å²) in [6.07, 6.45) is 14.6. The van der Waals surface area contributed by atoms with Crippen LogP contribution in [0.25, 0.3) is 0 Å². The van der Waals surface area contributed by atoms with Crippen LogP contribution in [0.4, 0.5) is 0 Å². The van der Waals surface area contributed by atoms with Gasteiger partial charge in [-0.15, -0.1) is 0 Å². The van der Waals surface area contributed by atoms with E-state index in [9.17, 15) is 0 Å². The molecule has 98 valence electrons. The van der Waals surface area contributed by atoms with Gasteiger partial charge in [0.2, 0.25) is 0 Å². The van der Waals surface area contributed by atoms with Crippen LogP contribution in [0.5, 0.6) is 0 Å². The monoisotopic (exact) mass is 237 g/mol. The van der Waals surface area contributed by atoms with Gasteiger partial charge in [0.1, 0.15) is 5.84 Å². The van der Waals surface area contributed by atoms with Gasteiger partial charge < -0.3 is 5.43 Å². The van der Waals surface area contributed by atoms with Crippen molar-refractivity contribution in [1.29, 1.82) is 0 Å². The standard InChI is InChI=1S/C14H27N3/c15-17-14(12-8-4-3-5-9-12)16-13-10-6-1-2-7-11-13/h12-13H,1-11,15H2,(H,16,17). The Kier molecular flexibility index (Phi) is 5.30. The summed E-state index contributed by atoms with van der Waals surface area (Å²) in [7, 11) is 0. The first-order valence-electron chi connectivity index (χ1n) is 7.44. The third kappa shape index (κ3) is 3.98. The van der Waals surface area contributed by atoms with Crippen molar-refractivity contribution in [3.63, 3.8) is 0 Å². The molecule has 3 N–H and O–H groups in total. The van der Waals surface area contributed by atoms with Crippen LogP contribution < -0.4 is 11.3 Å². The van der Waals surface area contributed by atoms with Gasteiger partial charge >= 0.3 is 0 Å². The molecular weight excluding hydrogens is 210 g/mol. The summed E-state index contributed by atoms with van der Waals surface area (Å²) in [5.41, 5.74) is 2.89. The maximum atomic E-state index is 5.68. The van der Waals surface area contributed by atoms with E-state index in [1.807, 2.05) is 0 Å². The molecule has 0 amide bonds. The lowest BCUT2D eigenvalue weighted by Gasteiger charge is -2.24. The molecule has 0 radical (unpaired) electrons. The van der Waals surface area contributed by atoms with E-state index in [4.69, 9.17) is 10.8 Å². The molecule has 3 nitrogen and oxygen atoms in total. The van der Waals surface area contributed by atoms with Crippen molar-refractivity contribution < 1.29 is 0 Å². The Morgan fingerprint density at radius 2 is 1.35 bits per heavy atom. The molecule has 0 bridgehead atoms. The van der Waals surface area contributed by atoms with E-state index in [1.54, 1.807) is 0 Å². The number of nitrogens with one attached hydrogen (secondary N) is 1. The highest BCUT2D eigenvalue weighted by molar-refractivity contribution is 5.84. The van der Waals surface area contributed by atoms with Crippen LogP contribution in [0, 0.1) is 5.92 Å². The van der Waals surface area contributed by atoms with Crippen molar-refractivity contribution in [3.8, 4) is 0 Å². The van der Waals surface area contributed by atoms with Gasteiger partial charge in [-0.25, -0.2) is 5.84 Å². The van der Waals surface area contributed by atoms with Gasteiger partial charge in [-0.3, -0.25) is 4.99 Å². The molecule has 2 rings (SSSR count). The molecule has 0 aromatic heterocycles. The van der Waals surface area contributed by atoms with E-state index in [2.05, 4.69) is 5.43 Å². The Balaban J connectivity index is 1.94. The molecule has 2 saturated carbocycles. The van der Waals surface area contributed by atoms with Gasteiger partial charge in [-0.1, -0.05) is 44.9 Å². The van der Waals surface area contributed by atoms with Gasteiger partial charge in [0.15, 0.2) is 0 Å². The van der Waals surface area contributed by atoms with Crippen LogP contribution in [0.15, 0.2) is 4.99 Å². The molecule has 0 unspecified atom stereocenters. The Morgan fingerprint density at radius 1 is 0.824 bits per heavy atom. The number of nitrogens with zero attached hydrogens (tertiary/aromatic N) is 1. The fraction of sp³-hybridized carbons (Fsp3) is 0.929. The largest absolute Gasteiger partial charge is 0.312 e. The molecule has 0 atom stereocenters. The summed E-state index contributed by atoms with van der Waals surface area (Å²) in [6, 6.07) is 0.533. The number of aliphatic imine (C=N–C) groups is 1. The molecule has 3 heteroatoms. The van der Waals surface area contributed by atoms with E-state index >= 15 is 0 Å². The summed E-state index contributed by atoms with van der Waals surface area (Å²) in [4.78, 5) is 4.92. The molecule has 17 heavy (non-hydrogen) atoms. The summed E-state index contributed by atoms with van der Waals surface area (Å²) in [5.74, 6) is 7.38. The zero-order valence-corrected chi connectivity index (χ0v) is 11.0. The van der Waals surface area contributed by atoms with E-state index in [0.29, 0.717) is 12.0 Å². The van der Waals surface area contributed by atoms with E-state index in [1.165, 1.54) is 70.6 Å². The lowest BCUT2D eigenvalue weighted by molar-refractivity contribution is 0.428. The Hall–Kier alpha value is -0.570. The highest BCUT2D eigenvalue weighted by atomic mass is 15.3. The SMILES string of the molecule is NNC(=NC1CCCCCC1)C1CCCCC1. The molecule has 0 saturated heterocycles. The maximum absolute atomic E-state index is 5.68. The molecule has 2 aliphatic carbocycles. The zero-order valence-electron chi connectivity index (χ0n) is 11.0. The molecule has 0 aliphatic heterocycles. The second kappa shape index (κ2) is 7.00. The minimum absolute atomic E-state index is 0.533. The third-order valence-corrected chi connectivity index (χ3v) is 4.29. The summed E-state index contributed by atoms with van der Waals surface area (Å²) in [6.45, 7) is 0. The molecule has 0 aromatic rings. The van der Waals surface area contributed by atoms with Gasteiger partial charge in [0.05, 0.1) is 6.04 Å². The average molecular weight is 237 g/mol.